The van der Waals surface area contributed by atoms with E-state index >= 15 is 0 Å². The Morgan fingerprint density at radius 1 is 1.04 bits per heavy atom. The van der Waals surface area contributed by atoms with Crippen molar-refractivity contribution >= 4 is 13.3 Å². The highest BCUT2D eigenvalue weighted by atomic mass is 31.2. The molecule has 2 aromatic carbocycles. The highest BCUT2D eigenvalue weighted by Crippen LogP contribution is 2.50. The Kier molecular flexibility index (Phi) is 7.08. The first kappa shape index (κ1) is 20.8. The van der Waals surface area contributed by atoms with E-state index in [1.165, 1.54) is 5.56 Å². The number of ether oxygens (including phenoxy) is 1. The van der Waals surface area contributed by atoms with E-state index in [-0.39, 0.29) is 0 Å². The Hall–Kier alpha value is -1.91. The van der Waals surface area contributed by atoms with Gasteiger partial charge in [-0.15, -0.1) is 0 Å². The van der Waals surface area contributed by atoms with Crippen LogP contribution in [0.4, 0.5) is 0 Å². The van der Waals surface area contributed by atoms with E-state index in [1.807, 2.05) is 44.2 Å². The molecule has 2 aromatic rings. The van der Waals surface area contributed by atoms with Crippen LogP contribution in [0.5, 0.6) is 5.75 Å². The minimum absolute atomic E-state index is 0.348. The van der Waals surface area contributed by atoms with Crippen molar-refractivity contribution < 1.29 is 18.3 Å². The average molecular weight is 401 g/mol. The lowest BCUT2D eigenvalue weighted by Gasteiger charge is -2.25. The first-order valence-electron chi connectivity index (χ1n) is 9.70. The zero-order chi connectivity index (χ0) is 20.0. The number of nitrogens with zero attached hydrogens (tertiary/aromatic N) is 1. The first-order chi connectivity index (χ1) is 13.6. The van der Waals surface area contributed by atoms with Gasteiger partial charge in [-0.25, -0.2) is 9.24 Å². The molecule has 0 unspecified atom stereocenters. The van der Waals surface area contributed by atoms with Gasteiger partial charge in [-0.3, -0.25) is 9.05 Å². The normalized spacial score (nSPS) is 15.1. The van der Waals surface area contributed by atoms with Gasteiger partial charge in [0, 0.05) is 12.1 Å². The summed E-state index contributed by atoms with van der Waals surface area (Å²) in [5, 5.41) is 0. The van der Waals surface area contributed by atoms with Gasteiger partial charge in [0.1, 0.15) is 12.4 Å². The Morgan fingerprint density at radius 2 is 1.68 bits per heavy atom. The van der Waals surface area contributed by atoms with Crippen LogP contribution in [0.15, 0.2) is 54.6 Å². The fourth-order valence-electron chi connectivity index (χ4n) is 3.32. The second kappa shape index (κ2) is 9.53. The summed E-state index contributed by atoms with van der Waals surface area (Å²) in [4.78, 5) is 0. The zero-order valence-corrected chi connectivity index (χ0v) is 17.7. The van der Waals surface area contributed by atoms with Crippen LogP contribution in [0.25, 0.3) is 5.57 Å². The average Bonchev–Trinajstić information content (AvgIpc) is 2.86. The Balaban J connectivity index is 1.86. The molecule has 0 saturated heterocycles. The van der Waals surface area contributed by atoms with Crippen molar-refractivity contribution in [1.82, 2.24) is 4.67 Å². The Morgan fingerprint density at radius 3 is 2.39 bits per heavy atom. The molecule has 0 spiro atoms. The van der Waals surface area contributed by atoms with Crippen molar-refractivity contribution in [2.75, 3.05) is 26.8 Å². The molecular weight excluding hydrogens is 373 g/mol. The molecule has 1 aliphatic heterocycles. The number of rotatable bonds is 8. The molecule has 1 aliphatic rings. The van der Waals surface area contributed by atoms with E-state index in [2.05, 4.69) is 24.3 Å². The second-order valence-electron chi connectivity index (χ2n) is 6.53. The molecule has 3 rings (SSSR count). The topological polar surface area (TPSA) is 48.0 Å². The van der Waals surface area contributed by atoms with Gasteiger partial charge in [0.2, 0.25) is 0 Å². The van der Waals surface area contributed by atoms with Gasteiger partial charge in [0.15, 0.2) is 0 Å². The molecule has 0 aliphatic carbocycles. The number of fused-ring (bicyclic) bond motifs is 2. The maximum atomic E-state index is 12.9. The van der Waals surface area contributed by atoms with E-state index in [0.717, 1.165) is 22.4 Å². The smallest absolute Gasteiger partial charge is 0.407 e. The van der Waals surface area contributed by atoms with E-state index in [9.17, 15) is 4.57 Å². The number of hydrogen-bond acceptors (Lipinski definition) is 4. The number of para-hydroxylation sites is 1. The number of hydrogen-bond donors (Lipinski definition) is 0. The lowest BCUT2D eigenvalue weighted by atomic mass is 9.93. The largest absolute Gasteiger partial charge is 0.488 e. The van der Waals surface area contributed by atoms with Crippen LogP contribution in [0, 0.1) is 0 Å². The molecule has 0 aromatic heterocycles. The summed E-state index contributed by atoms with van der Waals surface area (Å²) in [5.41, 5.74) is 4.55. The SMILES string of the molecule is CCOP(=O)(OCC)N(C)CC/C=C1/c2ccccc2COc2ccccc21. The molecule has 6 heteroatoms. The van der Waals surface area contributed by atoms with Crippen LogP contribution in [-0.4, -0.2) is 31.5 Å². The third kappa shape index (κ3) is 4.56. The predicted molar refractivity (Wildman–Crippen MR) is 112 cm³/mol. The summed E-state index contributed by atoms with van der Waals surface area (Å²) in [7, 11) is -1.46. The minimum Gasteiger partial charge on any atom is -0.488 e. The molecule has 0 N–H and O–H groups in total. The summed E-state index contributed by atoms with van der Waals surface area (Å²) in [6.07, 6.45) is 2.89. The van der Waals surface area contributed by atoms with Gasteiger partial charge >= 0.3 is 7.75 Å². The van der Waals surface area contributed by atoms with Crippen molar-refractivity contribution in [2.45, 2.75) is 26.9 Å². The third-order valence-electron chi connectivity index (χ3n) is 4.67. The fraction of sp³-hybridized carbons (Fsp3) is 0.364. The summed E-state index contributed by atoms with van der Waals surface area (Å²) >= 11 is 0. The Bertz CT molecular complexity index is 821. The molecule has 28 heavy (non-hydrogen) atoms. The van der Waals surface area contributed by atoms with Gasteiger partial charge in [0.05, 0.1) is 13.2 Å². The standard InChI is InChI=1S/C22H28NO4P/c1-4-26-28(24,27-5-2)23(3)16-10-14-20-19-12-7-6-11-18(19)17-25-22-15-9-8-13-21(20)22/h6-9,11-15H,4-5,10,16-17H2,1-3H3/b20-14-. The van der Waals surface area contributed by atoms with Crippen LogP contribution in [0.1, 0.15) is 37.0 Å². The van der Waals surface area contributed by atoms with E-state index in [4.69, 9.17) is 13.8 Å². The van der Waals surface area contributed by atoms with Crippen molar-refractivity contribution in [3.63, 3.8) is 0 Å². The molecule has 5 nitrogen and oxygen atoms in total. The molecule has 0 fully saturated rings. The van der Waals surface area contributed by atoms with E-state index in [1.54, 1.807) is 11.7 Å². The monoisotopic (exact) mass is 401 g/mol. The maximum absolute atomic E-state index is 12.9. The summed E-state index contributed by atoms with van der Waals surface area (Å²) in [5.74, 6) is 0.882. The maximum Gasteiger partial charge on any atom is 0.407 e. The quantitative estimate of drug-likeness (QED) is 0.546. The van der Waals surface area contributed by atoms with Crippen LogP contribution >= 0.6 is 7.75 Å². The van der Waals surface area contributed by atoms with Crippen molar-refractivity contribution in [3.8, 4) is 5.75 Å². The molecule has 0 bridgehead atoms. The second-order valence-corrected chi connectivity index (χ2v) is 8.67. The predicted octanol–water partition coefficient (Wildman–Crippen LogP) is 5.51. The van der Waals surface area contributed by atoms with Crippen LogP contribution in [0.3, 0.4) is 0 Å². The van der Waals surface area contributed by atoms with Crippen molar-refractivity contribution in [3.05, 3.63) is 71.3 Å². The molecular formula is C22H28NO4P. The van der Waals surface area contributed by atoms with E-state index in [0.29, 0.717) is 32.8 Å². The van der Waals surface area contributed by atoms with Crippen molar-refractivity contribution in [1.29, 1.82) is 0 Å². The highest BCUT2D eigenvalue weighted by Gasteiger charge is 2.29. The van der Waals surface area contributed by atoms with Crippen LogP contribution in [-0.2, 0) is 20.2 Å². The minimum atomic E-state index is -3.24. The fourth-order valence-corrected chi connectivity index (χ4v) is 4.81. The highest BCUT2D eigenvalue weighted by molar-refractivity contribution is 7.51. The molecule has 0 amide bonds. The first-order valence-corrected chi connectivity index (χ1v) is 11.2. The van der Waals surface area contributed by atoms with Crippen LogP contribution in [0.2, 0.25) is 0 Å². The summed E-state index contributed by atoms with van der Waals surface area (Å²) in [6.45, 7) is 5.45. The molecule has 1 heterocycles. The van der Waals surface area contributed by atoms with Crippen molar-refractivity contribution in [2.24, 2.45) is 0 Å². The van der Waals surface area contributed by atoms with Gasteiger partial charge in [-0.2, -0.15) is 0 Å². The Labute approximate surface area is 167 Å². The zero-order valence-electron chi connectivity index (χ0n) is 16.8. The van der Waals surface area contributed by atoms with Gasteiger partial charge in [0.25, 0.3) is 0 Å². The summed E-state index contributed by atoms with van der Waals surface area (Å²) in [6, 6.07) is 16.4. The van der Waals surface area contributed by atoms with Crippen LogP contribution < -0.4 is 4.74 Å². The molecule has 0 saturated carbocycles. The third-order valence-corrected chi connectivity index (χ3v) is 6.88. The van der Waals surface area contributed by atoms with Gasteiger partial charge < -0.3 is 4.74 Å². The van der Waals surface area contributed by atoms with E-state index < -0.39 is 7.75 Å². The van der Waals surface area contributed by atoms with Gasteiger partial charge in [-0.1, -0.05) is 48.5 Å². The molecule has 0 atom stereocenters. The molecule has 150 valence electrons. The lowest BCUT2D eigenvalue weighted by Crippen LogP contribution is -2.19. The number of benzene rings is 2. The van der Waals surface area contributed by atoms with Gasteiger partial charge in [-0.05, 0) is 50.1 Å². The lowest BCUT2D eigenvalue weighted by molar-refractivity contribution is 0.177. The molecule has 0 radical (unpaired) electrons. The summed E-state index contributed by atoms with van der Waals surface area (Å²) < 4.78 is 31.4.